The summed E-state index contributed by atoms with van der Waals surface area (Å²) in [5, 5.41) is 3.10. The summed E-state index contributed by atoms with van der Waals surface area (Å²) in [5.74, 6) is -0.562. The van der Waals surface area contributed by atoms with Crippen LogP contribution in [0.15, 0.2) is 36.4 Å². The van der Waals surface area contributed by atoms with E-state index < -0.39 is 6.04 Å². The van der Waals surface area contributed by atoms with Gasteiger partial charge in [-0.05, 0) is 18.2 Å². The van der Waals surface area contributed by atoms with Crippen LogP contribution >= 0.6 is 23.8 Å². The van der Waals surface area contributed by atoms with Crippen molar-refractivity contribution in [1.82, 2.24) is 5.32 Å². The predicted molar refractivity (Wildman–Crippen MR) is 74.1 cm³/mol. The van der Waals surface area contributed by atoms with Gasteiger partial charge in [0, 0.05) is 17.0 Å². The smallest absolute Gasteiger partial charge is 0.252 e. The van der Waals surface area contributed by atoms with Gasteiger partial charge in [0.2, 0.25) is 0 Å². The first-order valence-corrected chi connectivity index (χ1v) is 6.16. The van der Waals surface area contributed by atoms with Crippen LogP contribution in [0.5, 0.6) is 0 Å². The van der Waals surface area contributed by atoms with Gasteiger partial charge in [-0.25, -0.2) is 0 Å². The van der Waals surface area contributed by atoms with E-state index >= 15 is 0 Å². The fourth-order valence-electron chi connectivity index (χ4n) is 1.64. The van der Waals surface area contributed by atoms with Crippen molar-refractivity contribution in [2.45, 2.75) is 12.5 Å². The highest BCUT2D eigenvalue weighted by atomic mass is 35.5. The number of allylic oxidation sites excluding steroid dienone is 1. The lowest BCUT2D eigenvalue weighted by Crippen LogP contribution is -2.43. The molecule has 0 saturated carbocycles. The maximum atomic E-state index is 11.9. The Morgan fingerprint density at radius 2 is 2.22 bits per heavy atom. The second kappa shape index (κ2) is 5.42. The lowest BCUT2D eigenvalue weighted by atomic mass is 10.0. The van der Waals surface area contributed by atoms with Crippen molar-refractivity contribution in [2.24, 2.45) is 0 Å². The molecular weight excluding hydrogens is 270 g/mol. The number of benzene rings is 1. The van der Waals surface area contributed by atoms with E-state index in [4.69, 9.17) is 23.8 Å². The summed E-state index contributed by atoms with van der Waals surface area (Å²) < 4.78 is 0. The van der Waals surface area contributed by atoms with Crippen LogP contribution in [0.1, 0.15) is 16.8 Å². The number of hydrogen-bond acceptors (Lipinski definition) is 3. The Morgan fingerprint density at radius 1 is 1.44 bits per heavy atom. The Balaban J connectivity index is 2.12. The van der Waals surface area contributed by atoms with Gasteiger partial charge >= 0.3 is 0 Å². The Bertz CT molecular complexity index is 554. The second-order valence-corrected chi connectivity index (χ2v) is 4.81. The number of nitrogens with one attached hydrogen (secondary N) is 1. The van der Waals surface area contributed by atoms with Gasteiger partial charge in [0.25, 0.3) is 5.91 Å². The van der Waals surface area contributed by atoms with Gasteiger partial charge in [0.05, 0.1) is 4.86 Å². The van der Waals surface area contributed by atoms with Gasteiger partial charge < -0.3 is 5.32 Å². The van der Waals surface area contributed by atoms with Gasteiger partial charge in [-0.15, -0.1) is 0 Å². The van der Waals surface area contributed by atoms with Crippen molar-refractivity contribution < 1.29 is 9.59 Å². The molecule has 0 aliphatic heterocycles. The third-order valence-corrected chi connectivity index (χ3v) is 3.17. The van der Waals surface area contributed by atoms with Crippen LogP contribution in [0.2, 0.25) is 5.02 Å². The minimum atomic E-state index is -0.669. The molecule has 1 aromatic rings. The summed E-state index contributed by atoms with van der Waals surface area (Å²) in [4.78, 5) is 24.0. The average Bonchev–Trinajstić information content (AvgIpc) is 2.35. The van der Waals surface area contributed by atoms with Crippen molar-refractivity contribution >= 4 is 40.4 Å². The first-order valence-electron chi connectivity index (χ1n) is 5.38. The third kappa shape index (κ3) is 2.83. The summed E-state index contributed by atoms with van der Waals surface area (Å²) in [5.41, 5.74) is 0.417. The summed E-state index contributed by atoms with van der Waals surface area (Å²) in [6, 6.07) is 5.88. The van der Waals surface area contributed by atoms with Gasteiger partial charge in [0.1, 0.15) is 6.04 Å². The maximum absolute atomic E-state index is 11.9. The molecule has 0 radical (unpaired) electrons. The van der Waals surface area contributed by atoms with Crippen molar-refractivity contribution in [3.05, 3.63) is 47.0 Å². The minimum absolute atomic E-state index is 0.220. The summed E-state index contributed by atoms with van der Waals surface area (Å²) in [7, 11) is 0. The summed E-state index contributed by atoms with van der Waals surface area (Å²) in [6.45, 7) is 0. The Hall–Kier alpha value is -1.52. The number of hydrogen-bond donors (Lipinski definition) is 1. The van der Waals surface area contributed by atoms with E-state index in [1.54, 1.807) is 36.4 Å². The van der Waals surface area contributed by atoms with Crippen LogP contribution in [-0.4, -0.2) is 22.6 Å². The Labute approximate surface area is 115 Å². The number of rotatable bonds is 2. The standard InChI is InChI=1S/C13H10ClNO2S/c14-9-4-1-3-8(7-9)13(17)15-10-5-2-6-11(18)12(10)16/h1-5,7,10H,6H2,(H,15,17). The zero-order valence-corrected chi connectivity index (χ0v) is 10.9. The van der Waals surface area contributed by atoms with E-state index in [9.17, 15) is 9.59 Å². The van der Waals surface area contributed by atoms with Gasteiger partial charge in [-0.1, -0.05) is 42.0 Å². The number of halogens is 1. The molecule has 1 N–H and O–H groups in total. The van der Waals surface area contributed by atoms with Gasteiger partial charge in [-0.2, -0.15) is 0 Å². The molecule has 0 bridgehead atoms. The fraction of sp³-hybridized carbons (Fsp3) is 0.154. The maximum Gasteiger partial charge on any atom is 0.252 e. The van der Waals surface area contributed by atoms with E-state index in [1.165, 1.54) is 0 Å². The molecule has 1 atom stereocenters. The monoisotopic (exact) mass is 279 g/mol. The lowest BCUT2D eigenvalue weighted by Gasteiger charge is -2.17. The quantitative estimate of drug-likeness (QED) is 0.668. The van der Waals surface area contributed by atoms with Crippen LogP contribution < -0.4 is 5.32 Å². The molecule has 1 unspecified atom stereocenters. The average molecular weight is 280 g/mol. The van der Waals surface area contributed by atoms with Crippen molar-refractivity contribution in [2.75, 3.05) is 0 Å². The fourth-order valence-corrected chi connectivity index (χ4v) is 2.05. The molecule has 18 heavy (non-hydrogen) atoms. The SMILES string of the molecule is O=C(NC1C=CCC(=S)C1=O)c1cccc(Cl)c1. The molecule has 1 aliphatic rings. The molecule has 5 heteroatoms. The van der Waals surface area contributed by atoms with Gasteiger partial charge in [-0.3, -0.25) is 9.59 Å². The van der Waals surface area contributed by atoms with Crippen LogP contribution in [0.3, 0.4) is 0 Å². The highest BCUT2D eigenvalue weighted by Gasteiger charge is 2.24. The molecule has 1 aromatic carbocycles. The Morgan fingerprint density at radius 3 is 2.94 bits per heavy atom. The third-order valence-electron chi connectivity index (χ3n) is 2.56. The number of carbonyl (C=O) groups is 2. The number of ketones is 1. The van der Waals surface area contributed by atoms with Crippen molar-refractivity contribution in [3.63, 3.8) is 0 Å². The summed E-state index contributed by atoms with van der Waals surface area (Å²) >= 11 is 10.7. The van der Waals surface area contributed by atoms with Gasteiger partial charge in [0.15, 0.2) is 5.78 Å². The highest BCUT2D eigenvalue weighted by Crippen LogP contribution is 2.12. The van der Waals surface area contributed by atoms with E-state index in [0.717, 1.165) is 0 Å². The number of Topliss-reactive ketones (excluding diaryl/α,β-unsaturated/α-hetero) is 1. The first kappa shape index (κ1) is 12.9. The molecule has 0 aromatic heterocycles. The molecule has 0 heterocycles. The van der Waals surface area contributed by atoms with Crippen molar-refractivity contribution in [3.8, 4) is 0 Å². The van der Waals surface area contributed by atoms with E-state index in [2.05, 4.69) is 5.32 Å². The summed E-state index contributed by atoms with van der Waals surface area (Å²) in [6.07, 6.45) is 3.91. The topological polar surface area (TPSA) is 46.2 Å². The number of amides is 1. The normalized spacial score (nSPS) is 18.8. The van der Waals surface area contributed by atoms with Crippen LogP contribution in [0.25, 0.3) is 0 Å². The largest absolute Gasteiger partial charge is 0.338 e. The predicted octanol–water partition coefficient (Wildman–Crippen LogP) is 2.34. The lowest BCUT2D eigenvalue weighted by molar-refractivity contribution is -0.113. The van der Waals surface area contributed by atoms with E-state index in [0.29, 0.717) is 21.9 Å². The first-order chi connectivity index (χ1) is 8.58. The van der Waals surface area contributed by atoms with Crippen LogP contribution in [0.4, 0.5) is 0 Å². The number of carbonyl (C=O) groups excluding carboxylic acids is 2. The second-order valence-electron chi connectivity index (χ2n) is 3.88. The van der Waals surface area contributed by atoms with E-state index in [-0.39, 0.29) is 11.7 Å². The highest BCUT2D eigenvalue weighted by molar-refractivity contribution is 7.82. The Kier molecular flexibility index (Phi) is 3.89. The molecule has 0 fully saturated rings. The molecule has 0 saturated heterocycles. The number of thiocarbonyl (C=S) groups is 1. The molecular formula is C13H10ClNO2S. The van der Waals surface area contributed by atoms with Crippen molar-refractivity contribution in [1.29, 1.82) is 0 Å². The molecule has 0 spiro atoms. The minimum Gasteiger partial charge on any atom is -0.338 e. The molecule has 3 nitrogen and oxygen atoms in total. The van der Waals surface area contributed by atoms with Crippen LogP contribution in [0, 0.1) is 0 Å². The zero-order chi connectivity index (χ0) is 13.1. The molecule has 1 aliphatic carbocycles. The molecule has 92 valence electrons. The zero-order valence-electron chi connectivity index (χ0n) is 9.35. The molecule has 1 amide bonds. The van der Waals surface area contributed by atoms with E-state index in [1.807, 2.05) is 0 Å². The molecule has 2 rings (SSSR count). The van der Waals surface area contributed by atoms with Crippen LogP contribution in [-0.2, 0) is 4.79 Å².